The van der Waals surface area contributed by atoms with Crippen molar-refractivity contribution >= 4 is 14.6 Å². The highest BCUT2D eigenvalue weighted by molar-refractivity contribution is 6.61. The zero-order valence-corrected chi connectivity index (χ0v) is 15.7. The van der Waals surface area contributed by atoms with E-state index in [0.29, 0.717) is 12.5 Å². The summed E-state index contributed by atoms with van der Waals surface area (Å²) in [5, 5.41) is 0. The van der Waals surface area contributed by atoms with Crippen molar-refractivity contribution in [1.29, 1.82) is 0 Å². The fourth-order valence-electron chi connectivity index (χ4n) is 2.12. The third kappa shape index (κ3) is 6.42. The lowest BCUT2D eigenvalue weighted by molar-refractivity contribution is -0.134. The third-order valence-electron chi connectivity index (χ3n) is 3.15. The molecule has 0 fully saturated rings. The Kier molecular flexibility index (Phi) is 8.62. The molecule has 0 aromatic heterocycles. The molecule has 0 heterocycles. The fraction of sp³-hybridized carbons (Fsp3) is 0.812. The molecule has 0 aromatic carbocycles. The first-order chi connectivity index (χ1) is 9.64. The molecule has 0 radical (unpaired) electrons. The summed E-state index contributed by atoms with van der Waals surface area (Å²) < 4.78 is 18.4. The Bertz CT molecular complexity index is 331. The van der Waals surface area contributed by atoms with Gasteiger partial charge in [0.05, 0.1) is 0 Å². The Labute approximate surface area is 131 Å². The molecule has 0 N–H and O–H groups in total. The second-order valence-electron chi connectivity index (χ2n) is 6.02. The minimum atomic E-state index is -2.93. The summed E-state index contributed by atoms with van der Waals surface area (Å²) in [7, 11) is -2.93. The molecule has 0 bridgehead atoms. The SMILES string of the molecule is C=CC(=O)C(C)(CC)O[Si](CCC)(OC(C)C)OC(C)C. The average molecular weight is 317 g/mol. The van der Waals surface area contributed by atoms with Crippen molar-refractivity contribution in [2.45, 2.75) is 85.2 Å². The molecule has 0 saturated carbocycles. The summed E-state index contributed by atoms with van der Waals surface area (Å²) in [6.07, 6.45) is 2.73. The molecule has 0 aliphatic rings. The molecule has 0 amide bonds. The molecule has 124 valence electrons. The van der Waals surface area contributed by atoms with E-state index in [4.69, 9.17) is 13.3 Å². The number of rotatable bonds is 11. The van der Waals surface area contributed by atoms with Crippen molar-refractivity contribution in [1.82, 2.24) is 0 Å². The van der Waals surface area contributed by atoms with E-state index in [1.165, 1.54) is 6.08 Å². The van der Waals surface area contributed by atoms with Crippen LogP contribution in [0.3, 0.4) is 0 Å². The molecule has 21 heavy (non-hydrogen) atoms. The van der Waals surface area contributed by atoms with E-state index < -0.39 is 14.4 Å². The number of carbonyl (C=O) groups is 1. The highest BCUT2D eigenvalue weighted by atomic mass is 28.4. The van der Waals surface area contributed by atoms with Crippen LogP contribution in [0.5, 0.6) is 0 Å². The molecule has 0 aliphatic carbocycles. The van der Waals surface area contributed by atoms with Crippen LogP contribution in [0, 0.1) is 0 Å². The predicted octanol–water partition coefficient (Wildman–Crippen LogP) is 4.13. The van der Waals surface area contributed by atoms with E-state index >= 15 is 0 Å². The van der Waals surface area contributed by atoms with Gasteiger partial charge in [-0.1, -0.05) is 26.8 Å². The summed E-state index contributed by atoms with van der Waals surface area (Å²) in [5.41, 5.74) is -0.938. The topological polar surface area (TPSA) is 44.8 Å². The maximum atomic E-state index is 12.2. The van der Waals surface area contributed by atoms with Gasteiger partial charge in [0.2, 0.25) is 0 Å². The lowest BCUT2D eigenvalue weighted by Crippen LogP contribution is -2.56. The monoisotopic (exact) mass is 316 g/mol. The zero-order chi connectivity index (χ0) is 16.7. The van der Waals surface area contributed by atoms with Crippen LogP contribution in [0.4, 0.5) is 0 Å². The zero-order valence-electron chi connectivity index (χ0n) is 14.7. The van der Waals surface area contributed by atoms with Gasteiger partial charge < -0.3 is 13.3 Å². The van der Waals surface area contributed by atoms with Crippen LogP contribution in [-0.2, 0) is 18.1 Å². The molecule has 4 nitrogen and oxygen atoms in total. The van der Waals surface area contributed by atoms with Gasteiger partial charge in [0.15, 0.2) is 5.78 Å². The minimum absolute atomic E-state index is 0.0121. The Morgan fingerprint density at radius 1 is 1.19 bits per heavy atom. The van der Waals surface area contributed by atoms with Gasteiger partial charge in [0.25, 0.3) is 0 Å². The molecule has 0 aliphatic heterocycles. The van der Waals surface area contributed by atoms with Gasteiger partial charge in [-0.25, -0.2) is 0 Å². The van der Waals surface area contributed by atoms with Crippen molar-refractivity contribution in [2.24, 2.45) is 0 Å². The Hall–Kier alpha value is -0.493. The molecule has 1 unspecified atom stereocenters. The largest absolute Gasteiger partial charge is 0.502 e. The van der Waals surface area contributed by atoms with E-state index in [2.05, 4.69) is 13.5 Å². The highest BCUT2D eigenvalue weighted by Crippen LogP contribution is 2.30. The van der Waals surface area contributed by atoms with Crippen molar-refractivity contribution in [3.63, 3.8) is 0 Å². The van der Waals surface area contributed by atoms with Crippen LogP contribution in [0.1, 0.15) is 61.3 Å². The molecular formula is C16H32O4Si. The lowest BCUT2D eigenvalue weighted by Gasteiger charge is -2.39. The second-order valence-corrected chi connectivity index (χ2v) is 8.56. The quantitative estimate of drug-likeness (QED) is 0.425. The predicted molar refractivity (Wildman–Crippen MR) is 88.3 cm³/mol. The normalized spacial score (nSPS) is 15.3. The molecule has 0 saturated heterocycles. The van der Waals surface area contributed by atoms with Crippen LogP contribution >= 0.6 is 0 Å². The average Bonchev–Trinajstić information content (AvgIpc) is 2.35. The van der Waals surface area contributed by atoms with Gasteiger partial charge in [-0.3, -0.25) is 4.79 Å². The summed E-state index contributed by atoms with van der Waals surface area (Å²) in [6.45, 7) is 17.2. The molecule has 0 aromatic rings. The minimum Gasteiger partial charge on any atom is -0.371 e. The number of ketones is 1. The van der Waals surface area contributed by atoms with E-state index in [1.54, 1.807) is 6.92 Å². The summed E-state index contributed by atoms with van der Waals surface area (Å²) in [6, 6.07) is 0.698. The molecular weight excluding hydrogens is 284 g/mol. The van der Waals surface area contributed by atoms with Crippen LogP contribution in [0.2, 0.25) is 6.04 Å². The van der Waals surface area contributed by atoms with E-state index in [-0.39, 0.29) is 18.0 Å². The van der Waals surface area contributed by atoms with E-state index in [9.17, 15) is 4.79 Å². The third-order valence-corrected chi connectivity index (χ3v) is 6.68. The molecule has 5 heteroatoms. The Balaban J connectivity index is 5.52. The van der Waals surface area contributed by atoms with E-state index in [0.717, 1.165) is 6.42 Å². The van der Waals surface area contributed by atoms with Crippen LogP contribution in [-0.4, -0.2) is 32.4 Å². The molecule has 1 atom stereocenters. The van der Waals surface area contributed by atoms with Crippen LogP contribution < -0.4 is 0 Å². The first kappa shape index (κ1) is 20.5. The maximum absolute atomic E-state index is 12.2. The smallest absolute Gasteiger partial charge is 0.371 e. The molecule has 0 spiro atoms. The van der Waals surface area contributed by atoms with Gasteiger partial charge in [-0.05, 0) is 47.1 Å². The fourth-order valence-corrected chi connectivity index (χ4v) is 5.59. The van der Waals surface area contributed by atoms with Gasteiger partial charge in [-0.2, -0.15) is 0 Å². The second kappa shape index (κ2) is 8.83. The van der Waals surface area contributed by atoms with Gasteiger partial charge >= 0.3 is 8.80 Å². The number of hydrogen-bond acceptors (Lipinski definition) is 4. The summed E-state index contributed by atoms with van der Waals surface area (Å²) >= 11 is 0. The highest BCUT2D eigenvalue weighted by Gasteiger charge is 2.49. The van der Waals surface area contributed by atoms with Gasteiger partial charge in [0.1, 0.15) is 5.60 Å². The maximum Gasteiger partial charge on any atom is 0.502 e. The Morgan fingerprint density at radius 3 is 1.95 bits per heavy atom. The van der Waals surface area contributed by atoms with Gasteiger partial charge in [0, 0.05) is 18.3 Å². The summed E-state index contributed by atoms with van der Waals surface area (Å²) in [4.78, 5) is 12.2. The molecule has 0 rings (SSSR count). The van der Waals surface area contributed by atoms with Crippen LogP contribution in [0.25, 0.3) is 0 Å². The van der Waals surface area contributed by atoms with E-state index in [1.807, 2.05) is 34.6 Å². The first-order valence-electron chi connectivity index (χ1n) is 7.87. The van der Waals surface area contributed by atoms with Crippen molar-refractivity contribution in [3.05, 3.63) is 12.7 Å². The number of carbonyl (C=O) groups excluding carboxylic acids is 1. The van der Waals surface area contributed by atoms with Crippen LogP contribution in [0.15, 0.2) is 12.7 Å². The number of hydrogen-bond donors (Lipinski definition) is 0. The van der Waals surface area contributed by atoms with Gasteiger partial charge in [-0.15, -0.1) is 0 Å². The van der Waals surface area contributed by atoms with Crippen molar-refractivity contribution in [3.8, 4) is 0 Å². The standard InChI is InChI=1S/C16H32O4Si/c1-9-12-21(18-13(4)5,19-14(6)7)20-16(8,11-3)15(17)10-2/h10,13-14H,2,9,11-12H2,1,3-8H3. The van der Waals surface area contributed by atoms with Crippen molar-refractivity contribution in [2.75, 3.05) is 0 Å². The van der Waals surface area contributed by atoms with Crippen molar-refractivity contribution < 1.29 is 18.1 Å². The first-order valence-corrected chi connectivity index (χ1v) is 9.80. The summed E-state index contributed by atoms with van der Waals surface area (Å²) in [5.74, 6) is -0.127. The lowest BCUT2D eigenvalue weighted by atomic mass is 9.98. The Morgan fingerprint density at radius 2 is 1.67 bits per heavy atom.